The van der Waals surface area contributed by atoms with Gasteiger partial charge in [-0.1, -0.05) is 19.1 Å². The van der Waals surface area contributed by atoms with Gasteiger partial charge in [0.05, 0.1) is 18.8 Å². The number of nitrogens with one attached hydrogen (secondary N) is 1. The zero-order chi connectivity index (χ0) is 13.8. The van der Waals surface area contributed by atoms with Crippen LogP contribution in [0.15, 0.2) is 30.6 Å². The van der Waals surface area contributed by atoms with Crippen molar-refractivity contribution in [2.45, 2.75) is 26.4 Å². The standard InChI is InChI=1S/C14H17F2N3/c1-3-17-13(9-19-8-10(2)7-18-19)11-5-4-6-12(15)14(11)16/h4-8,13,17H,3,9H2,1-2H3. The van der Waals surface area contributed by atoms with Crippen LogP contribution in [0.3, 0.4) is 0 Å². The highest BCUT2D eigenvalue weighted by atomic mass is 19.2. The van der Waals surface area contributed by atoms with Gasteiger partial charge in [0, 0.05) is 11.8 Å². The molecule has 102 valence electrons. The maximum Gasteiger partial charge on any atom is 0.163 e. The molecule has 0 saturated heterocycles. The summed E-state index contributed by atoms with van der Waals surface area (Å²) in [6, 6.07) is 3.94. The molecule has 0 saturated carbocycles. The van der Waals surface area contributed by atoms with Crippen molar-refractivity contribution in [1.82, 2.24) is 15.1 Å². The van der Waals surface area contributed by atoms with Crippen LogP contribution in [0.2, 0.25) is 0 Å². The summed E-state index contributed by atoms with van der Waals surface area (Å²) in [5.41, 5.74) is 1.37. The lowest BCUT2D eigenvalue weighted by atomic mass is 10.1. The summed E-state index contributed by atoms with van der Waals surface area (Å²) in [4.78, 5) is 0. The number of hydrogen-bond acceptors (Lipinski definition) is 2. The van der Waals surface area contributed by atoms with E-state index in [4.69, 9.17) is 0 Å². The van der Waals surface area contributed by atoms with Crippen molar-refractivity contribution < 1.29 is 8.78 Å². The van der Waals surface area contributed by atoms with Crippen LogP contribution in [0.25, 0.3) is 0 Å². The zero-order valence-electron chi connectivity index (χ0n) is 11.0. The van der Waals surface area contributed by atoms with E-state index in [0.29, 0.717) is 18.7 Å². The van der Waals surface area contributed by atoms with E-state index in [2.05, 4.69) is 10.4 Å². The van der Waals surface area contributed by atoms with Crippen LogP contribution >= 0.6 is 0 Å². The highest BCUT2D eigenvalue weighted by Gasteiger charge is 2.18. The number of halogens is 2. The predicted octanol–water partition coefficient (Wildman–Crippen LogP) is 2.82. The normalized spacial score (nSPS) is 12.6. The van der Waals surface area contributed by atoms with Gasteiger partial charge in [-0.15, -0.1) is 0 Å². The van der Waals surface area contributed by atoms with Crippen molar-refractivity contribution in [2.24, 2.45) is 0 Å². The lowest BCUT2D eigenvalue weighted by Gasteiger charge is -2.19. The maximum absolute atomic E-state index is 13.8. The van der Waals surface area contributed by atoms with Crippen LogP contribution in [0.1, 0.15) is 24.1 Å². The molecule has 5 heteroatoms. The molecule has 0 radical (unpaired) electrons. The third kappa shape index (κ3) is 3.17. The average Bonchev–Trinajstić information content (AvgIpc) is 2.78. The van der Waals surface area contributed by atoms with Crippen molar-refractivity contribution in [3.8, 4) is 0 Å². The minimum Gasteiger partial charge on any atom is -0.309 e. The second kappa shape index (κ2) is 5.93. The highest BCUT2D eigenvalue weighted by molar-refractivity contribution is 5.22. The second-order valence-electron chi connectivity index (χ2n) is 4.49. The molecule has 1 aromatic heterocycles. The Kier molecular flexibility index (Phi) is 4.27. The first-order valence-corrected chi connectivity index (χ1v) is 6.28. The maximum atomic E-state index is 13.8. The topological polar surface area (TPSA) is 29.9 Å². The molecule has 0 fully saturated rings. The van der Waals surface area contributed by atoms with Gasteiger partial charge in [0.15, 0.2) is 11.6 Å². The Balaban J connectivity index is 2.26. The minimum atomic E-state index is -0.822. The number of hydrogen-bond donors (Lipinski definition) is 1. The van der Waals surface area contributed by atoms with E-state index in [0.717, 1.165) is 11.6 Å². The van der Waals surface area contributed by atoms with Gasteiger partial charge < -0.3 is 5.32 Å². The first kappa shape index (κ1) is 13.7. The first-order valence-electron chi connectivity index (χ1n) is 6.28. The Hall–Kier alpha value is -1.75. The number of aryl methyl sites for hydroxylation is 1. The predicted molar refractivity (Wildman–Crippen MR) is 69.7 cm³/mol. The van der Waals surface area contributed by atoms with Gasteiger partial charge in [-0.05, 0) is 25.1 Å². The Labute approximate surface area is 111 Å². The van der Waals surface area contributed by atoms with Gasteiger partial charge >= 0.3 is 0 Å². The molecule has 0 spiro atoms. The zero-order valence-corrected chi connectivity index (χ0v) is 11.0. The molecule has 0 aliphatic carbocycles. The van der Waals surface area contributed by atoms with E-state index < -0.39 is 11.6 Å². The van der Waals surface area contributed by atoms with Gasteiger partial charge in [0.25, 0.3) is 0 Å². The minimum absolute atomic E-state index is 0.306. The number of likely N-dealkylation sites (N-methyl/N-ethyl adjacent to an activating group) is 1. The molecule has 1 unspecified atom stereocenters. The average molecular weight is 265 g/mol. The van der Waals surface area contributed by atoms with E-state index in [1.807, 2.05) is 20.0 Å². The fourth-order valence-electron chi connectivity index (χ4n) is 2.06. The number of benzene rings is 1. The Morgan fingerprint density at radius 2 is 2.16 bits per heavy atom. The third-order valence-corrected chi connectivity index (χ3v) is 2.94. The van der Waals surface area contributed by atoms with Gasteiger partial charge in [0.2, 0.25) is 0 Å². The summed E-state index contributed by atoms with van der Waals surface area (Å²) in [5, 5.41) is 7.33. The van der Waals surface area contributed by atoms with Crippen LogP contribution in [0.5, 0.6) is 0 Å². The molecule has 1 aromatic carbocycles. The molecule has 0 amide bonds. The quantitative estimate of drug-likeness (QED) is 0.901. The summed E-state index contributed by atoms with van der Waals surface area (Å²) in [7, 11) is 0. The van der Waals surface area contributed by atoms with E-state index in [-0.39, 0.29) is 6.04 Å². The molecule has 2 aromatic rings. The summed E-state index contributed by atoms with van der Waals surface area (Å²) in [5.74, 6) is -1.62. The van der Waals surface area contributed by atoms with Crippen LogP contribution in [-0.4, -0.2) is 16.3 Å². The van der Waals surface area contributed by atoms with Gasteiger partial charge in [0.1, 0.15) is 0 Å². The molecule has 1 heterocycles. The molecule has 0 aliphatic heterocycles. The summed E-state index contributed by atoms with van der Waals surface area (Å²) in [6.45, 7) is 5.00. The Morgan fingerprint density at radius 3 is 2.79 bits per heavy atom. The molecule has 0 bridgehead atoms. The van der Waals surface area contributed by atoms with Gasteiger partial charge in [-0.3, -0.25) is 4.68 Å². The second-order valence-corrected chi connectivity index (χ2v) is 4.49. The molecule has 1 atom stereocenters. The lowest BCUT2D eigenvalue weighted by Crippen LogP contribution is -2.26. The van der Waals surface area contributed by atoms with Crippen molar-refractivity contribution in [3.63, 3.8) is 0 Å². The van der Waals surface area contributed by atoms with Crippen LogP contribution in [-0.2, 0) is 6.54 Å². The van der Waals surface area contributed by atoms with E-state index in [9.17, 15) is 8.78 Å². The lowest BCUT2D eigenvalue weighted by molar-refractivity contribution is 0.417. The molecule has 2 rings (SSSR count). The number of rotatable bonds is 5. The summed E-state index contributed by atoms with van der Waals surface area (Å²) < 4.78 is 28.9. The number of aromatic nitrogens is 2. The molecule has 3 nitrogen and oxygen atoms in total. The monoisotopic (exact) mass is 265 g/mol. The SMILES string of the molecule is CCNC(Cn1cc(C)cn1)c1cccc(F)c1F. The van der Waals surface area contributed by atoms with Crippen LogP contribution in [0.4, 0.5) is 8.78 Å². The highest BCUT2D eigenvalue weighted by Crippen LogP contribution is 2.20. The largest absolute Gasteiger partial charge is 0.309 e. The molecular formula is C14H17F2N3. The van der Waals surface area contributed by atoms with E-state index >= 15 is 0 Å². The number of nitrogens with zero attached hydrogens (tertiary/aromatic N) is 2. The van der Waals surface area contributed by atoms with Gasteiger partial charge in [-0.2, -0.15) is 5.10 Å². The van der Waals surface area contributed by atoms with Crippen LogP contribution in [0, 0.1) is 18.6 Å². The first-order chi connectivity index (χ1) is 9.11. The molecule has 1 N–H and O–H groups in total. The van der Waals surface area contributed by atoms with Crippen molar-refractivity contribution >= 4 is 0 Å². The Bertz CT molecular complexity index is 551. The smallest absolute Gasteiger partial charge is 0.163 e. The molecule has 0 aliphatic rings. The fourth-order valence-corrected chi connectivity index (χ4v) is 2.06. The summed E-state index contributed by atoms with van der Waals surface area (Å²) >= 11 is 0. The Morgan fingerprint density at radius 1 is 1.37 bits per heavy atom. The molecular weight excluding hydrogens is 248 g/mol. The van der Waals surface area contributed by atoms with Crippen molar-refractivity contribution in [3.05, 3.63) is 53.4 Å². The fraction of sp³-hybridized carbons (Fsp3) is 0.357. The van der Waals surface area contributed by atoms with Crippen LogP contribution < -0.4 is 5.32 Å². The van der Waals surface area contributed by atoms with E-state index in [1.165, 1.54) is 6.07 Å². The van der Waals surface area contributed by atoms with Crippen molar-refractivity contribution in [1.29, 1.82) is 0 Å². The van der Waals surface area contributed by atoms with Crippen molar-refractivity contribution in [2.75, 3.05) is 6.54 Å². The van der Waals surface area contributed by atoms with E-state index in [1.54, 1.807) is 16.9 Å². The van der Waals surface area contributed by atoms with Gasteiger partial charge in [-0.25, -0.2) is 8.78 Å². The summed E-state index contributed by atoms with van der Waals surface area (Å²) in [6.07, 6.45) is 3.62. The molecule has 19 heavy (non-hydrogen) atoms. The third-order valence-electron chi connectivity index (χ3n) is 2.94.